The molecule has 1 unspecified atom stereocenters. The van der Waals surface area contributed by atoms with Crippen molar-refractivity contribution >= 4 is 6.03 Å². The van der Waals surface area contributed by atoms with Crippen molar-refractivity contribution in [2.24, 2.45) is 5.73 Å². The van der Waals surface area contributed by atoms with Gasteiger partial charge < -0.3 is 15.9 Å². The van der Waals surface area contributed by atoms with Crippen LogP contribution in [0.3, 0.4) is 0 Å². The van der Waals surface area contributed by atoms with E-state index in [9.17, 15) is 9.90 Å². The molecular weight excluding hydrogens is 160 g/mol. The molecule has 0 aromatic heterocycles. The van der Waals surface area contributed by atoms with E-state index in [0.29, 0.717) is 19.3 Å². The summed E-state index contributed by atoms with van der Waals surface area (Å²) in [4.78, 5) is 12.0. The number of hydrogen-bond acceptors (Lipinski definition) is 3. The molecular formula is C7H14N2O3. The lowest BCUT2D eigenvalue weighted by molar-refractivity contribution is 0.0437. The highest BCUT2D eigenvalue weighted by molar-refractivity contribution is 5.72. The van der Waals surface area contributed by atoms with Crippen LogP contribution in [0, 0.1) is 0 Å². The first-order chi connectivity index (χ1) is 5.66. The first-order valence-electron chi connectivity index (χ1n) is 4.03. The highest BCUT2D eigenvalue weighted by Crippen LogP contribution is 2.23. The Morgan fingerprint density at radius 2 is 2.25 bits per heavy atom. The Morgan fingerprint density at radius 1 is 1.58 bits per heavy atom. The van der Waals surface area contributed by atoms with Gasteiger partial charge in [-0.3, -0.25) is 4.90 Å². The van der Waals surface area contributed by atoms with E-state index in [1.54, 1.807) is 0 Å². The maximum absolute atomic E-state index is 10.8. The SMILES string of the molecule is NC(=O)N1C(O)CC[C@H]1CCO. The molecule has 0 saturated carbocycles. The van der Waals surface area contributed by atoms with Crippen molar-refractivity contribution in [1.82, 2.24) is 4.90 Å². The molecule has 0 spiro atoms. The van der Waals surface area contributed by atoms with Gasteiger partial charge in [-0.25, -0.2) is 4.79 Å². The summed E-state index contributed by atoms with van der Waals surface area (Å²) in [5.74, 6) is 0. The molecule has 0 radical (unpaired) electrons. The Kier molecular flexibility index (Phi) is 2.88. The fourth-order valence-corrected chi connectivity index (χ4v) is 1.62. The zero-order valence-corrected chi connectivity index (χ0v) is 6.81. The van der Waals surface area contributed by atoms with Crippen LogP contribution in [0.4, 0.5) is 4.79 Å². The summed E-state index contributed by atoms with van der Waals surface area (Å²) < 4.78 is 0. The Hall–Kier alpha value is -0.810. The average molecular weight is 174 g/mol. The summed E-state index contributed by atoms with van der Waals surface area (Å²) in [6.07, 6.45) is 0.984. The molecule has 0 aromatic carbocycles. The third kappa shape index (κ3) is 1.67. The predicted molar refractivity (Wildman–Crippen MR) is 42.2 cm³/mol. The fraction of sp³-hybridized carbons (Fsp3) is 0.857. The van der Waals surface area contributed by atoms with E-state index in [4.69, 9.17) is 10.8 Å². The smallest absolute Gasteiger partial charge is 0.317 e. The van der Waals surface area contributed by atoms with Gasteiger partial charge in [-0.2, -0.15) is 0 Å². The van der Waals surface area contributed by atoms with Gasteiger partial charge in [-0.05, 0) is 19.3 Å². The second-order valence-electron chi connectivity index (χ2n) is 2.97. The van der Waals surface area contributed by atoms with Gasteiger partial charge in [0.15, 0.2) is 0 Å². The number of aliphatic hydroxyl groups is 2. The highest BCUT2D eigenvalue weighted by Gasteiger charge is 2.33. The molecule has 1 rings (SSSR count). The Morgan fingerprint density at radius 3 is 2.75 bits per heavy atom. The zero-order chi connectivity index (χ0) is 9.14. The minimum absolute atomic E-state index is 0.0150. The molecule has 12 heavy (non-hydrogen) atoms. The Balaban J connectivity index is 2.57. The van der Waals surface area contributed by atoms with Gasteiger partial charge in [0.05, 0.1) is 0 Å². The van der Waals surface area contributed by atoms with Crippen molar-refractivity contribution < 1.29 is 15.0 Å². The average Bonchev–Trinajstić information content (AvgIpc) is 2.32. The van der Waals surface area contributed by atoms with Crippen molar-refractivity contribution in [1.29, 1.82) is 0 Å². The number of carbonyl (C=O) groups is 1. The zero-order valence-electron chi connectivity index (χ0n) is 6.81. The van der Waals surface area contributed by atoms with E-state index in [1.165, 1.54) is 4.90 Å². The van der Waals surface area contributed by atoms with Crippen LogP contribution in [-0.4, -0.2) is 40.0 Å². The monoisotopic (exact) mass is 174 g/mol. The molecule has 1 aliphatic rings. The summed E-state index contributed by atoms with van der Waals surface area (Å²) in [5.41, 5.74) is 5.05. The predicted octanol–water partition coefficient (Wildman–Crippen LogP) is -0.770. The number of hydrogen-bond donors (Lipinski definition) is 3. The number of urea groups is 1. The van der Waals surface area contributed by atoms with E-state index in [-0.39, 0.29) is 12.6 Å². The molecule has 0 bridgehead atoms. The van der Waals surface area contributed by atoms with E-state index >= 15 is 0 Å². The standard InChI is InChI=1S/C7H14N2O3/c8-7(12)9-5(3-4-10)1-2-6(9)11/h5-6,10-11H,1-4H2,(H2,8,12)/t5-,6?/m0/s1. The normalized spacial score (nSPS) is 29.3. The van der Waals surface area contributed by atoms with Crippen LogP contribution in [0.2, 0.25) is 0 Å². The molecule has 1 saturated heterocycles. The van der Waals surface area contributed by atoms with Crippen LogP contribution in [0.15, 0.2) is 0 Å². The molecule has 70 valence electrons. The van der Waals surface area contributed by atoms with Gasteiger partial charge in [0.1, 0.15) is 6.23 Å². The van der Waals surface area contributed by atoms with E-state index in [0.717, 1.165) is 0 Å². The van der Waals surface area contributed by atoms with Crippen LogP contribution >= 0.6 is 0 Å². The number of likely N-dealkylation sites (tertiary alicyclic amines) is 1. The fourth-order valence-electron chi connectivity index (χ4n) is 1.62. The molecule has 0 aromatic rings. The highest BCUT2D eigenvalue weighted by atomic mass is 16.3. The summed E-state index contributed by atoms with van der Waals surface area (Å²) in [5, 5.41) is 18.0. The lowest BCUT2D eigenvalue weighted by atomic mass is 10.1. The molecule has 2 atom stereocenters. The molecule has 5 heteroatoms. The summed E-state index contributed by atoms with van der Waals surface area (Å²) in [6.45, 7) is 0.0150. The molecule has 1 aliphatic heterocycles. The maximum Gasteiger partial charge on any atom is 0.317 e. The van der Waals surface area contributed by atoms with Crippen LogP contribution < -0.4 is 5.73 Å². The molecule has 1 heterocycles. The van der Waals surface area contributed by atoms with Gasteiger partial charge in [0, 0.05) is 12.6 Å². The van der Waals surface area contributed by atoms with Crippen LogP contribution in [0.5, 0.6) is 0 Å². The molecule has 2 amide bonds. The third-order valence-electron chi connectivity index (χ3n) is 2.19. The van der Waals surface area contributed by atoms with Crippen LogP contribution in [-0.2, 0) is 0 Å². The van der Waals surface area contributed by atoms with Crippen molar-refractivity contribution in [3.05, 3.63) is 0 Å². The lowest BCUT2D eigenvalue weighted by Gasteiger charge is -2.24. The van der Waals surface area contributed by atoms with Crippen LogP contribution in [0.25, 0.3) is 0 Å². The summed E-state index contributed by atoms with van der Waals surface area (Å²) in [6, 6.07) is -0.707. The van der Waals surface area contributed by atoms with E-state index in [1.807, 2.05) is 0 Å². The van der Waals surface area contributed by atoms with Gasteiger partial charge >= 0.3 is 6.03 Å². The second-order valence-corrected chi connectivity index (χ2v) is 2.97. The van der Waals surface area contributed by atoms with Crippen molar-refractivity contribution in [3.63, 3.8) is 0 Å². The Bertz CT molecular complexity index is 172. The first-order valence-corrected chi connectivity index (χ1v) is 4.03. The third-order valence-corrected chi connectivity index (χ3v) is 2.19. The van der Waals surface area contributed by atoms with Gasteiger partial charge in [0.2, 0.25) is 0 Å². The largest absolute Gasteiger partial charge is 0.396 e. The quantitative estimate of drug-likeness (QED) is 0.513. The number of carbonyl (C=O) groups excluding carboxylic acids is 1. The number of nitrogens with two attached hydrogens (primary N) is 1. The van der Waals surface area contributed by atoms with Gasteiger partial charge in [-0.15, -0.1) is 0 Å². The van der Waals surface area contributed by atoms with Crippen molar-refractivity contribution in [3.8, 4) is 0 Å². The number of nitrogens with zero attached hydrogens (tertiary/aromatic N) is 1. The first kappa shape index (κ1) is 9.28. The molecule has 0 aliphatic carbocycles. The molecule has 1 fully saturated rings. The molecule has 5 nitrogen and oxygen atoms in total. The minimum Gasteiger partial charge on any atom is -0.396 e. The topological polar surface area (TPSA) is 86.8 Å². The Labute approximate surface area is 70.8 Å². The number of aliphatic hydroxyl groups excluding tert-OH is 2. The van der Waals surface area contributed by atoms with Gasteiger partial charge in [0.25, 0.3) is 0 Å². The van der Waals surface area contributed by atoms with Crippen LogP contribution in [0.1, 0.15) is 19.3 Å². The van der Waals surface area contributed by atoms with Crippen molar-refractivity contribution in [2.75, 3.05) is 6.61 Å². The van der Waals surface area contributed by atoms with E-state index < -0.39 is 12.3 Å². The summed E-state index contributed by atoms with van der Waals surface area (Å²) in [7, 11) is 0. The minimum atomic E-state index is -0.765. The number of primary amides is 1. The van der Waals surface area contributed by atoms with Crippen molar-refractivity contribution in [2.45, 2.75) is 31.5 Å². The molecule has 4 N–H and O–H groups in total. The number of amides is 2. The van der Waals surface area contributed by atoms with E-state index in [2.05, 4.69) is 0 Å². The lowest BCUT2D eigenvalue weighted by Crippen LogP contribution is -2.44. The second kappa shape index (κ2) is 3.73. The summed E-state index contributed by atoms with van der Waals surface area (Å²) >= 11 is 0. The number of rotatable bonds is 2. The van der Waals surface area contributed by atoms with Gasteiger partial charge in [-0.1, -0.05) is 0 Å². The maximum atomic E-state index is 10.8.